The van der Waals surface area contributed by atoms with Crippen LogP contribution in [0.1, 0.15) is 34.1 Å². The molecule has 0 heterocycles. The minimum atomic E-state index is -0.706. The summed E-state index contributed by atoms with van der Waals surface area (Å²) in [6, 6.07) is 0. The molecule has 0 aromatic carbocycles. The van der Waals surface area contributed by atoms with Crippen LogP contribution in [0.15, 0.2) is 0 Å². The van der Waals surface area contributed by atoms with Crippen molar-refractivity contribution in [2.45, 2.75) is 39.7 Å². The third-order valence-electron chi connectivity index (χ3n) is 2.46. The van der Waals surface area contributed by atoms with Crippen LogP contribution in [0.5, 0.6) is 0 Å². The molecular weight excluding hydrogens is 166 g/mol. The molecule has 0 radical (unpaired) electrons. The van der Waals surface area contributed by atoms with Crippen LogP contribution < -0.4 is 0 Å². The first-order chi connectivity index (χ1) is 5.75. The van der Waals surface area contributed by atoms with Crippen molar-refractivity contribution < 1.29 is 9.90 Å². The molecule has 0 aromatic heterocycles. The summed E-state index contributed by atoms with van der Waals surface area (Å²) in [7, 11) is 2.02. The zero-order chi connectivity index (χ0) is 10.6. The third kappa shape index (κ3) is 4.88. The van der Waals surface area contributed by atoms with Gasteiger partial charge in [0.05, 0.1) is 5.92 Å². The SMILES string of the molecule is CC(CCN(C)C(C)(C)C)C(=O)O. The molecule has 0 saturated carbocycles. The summed E-state index contributed by atoms with van der Waals surface area (Å²) in [5.74, 6) is -0.952. The molecule has 1 atom stereocenters. The van der Waals surface area contributed by atoms with E-state index in [1.54, 1.807) is 6.92 Å². The second-order valence-electron chi connectivity index (χ2n) is 4.62. The van der Waals surface area contributed by atoms with Gasteiger partial charge in [-0.15, -0.1) is 0 Å². The van der Waals surface area contributed by atoms with Crippen LogP contribution in [-0.2, 0) is 4.79 Å². The molecule has 0 saturated heterocycles. The lowest BCUT2D eigenvalue weighted by molar-refractivity contribution is -0.141. The molecule has 0 aliphatic carbocycles. The Morgan fingerprint density at radius 1 is 1.46 bits per heavy atom. The minimum absolute atomic E-state index is 0.123. The smallest absolute Gasteiger partial charge is 0.306 e. The standard InChI is InChI=1S/C10H21NO2/c1-8(9(12)13)6-7-11(5)10(2,3)4/h8H,6-7H2,1-5H3,(H,12,13). The molecule has 0 spiro atoms. The molecule has 0 aliphatic rings. The van der Waals surface area contributed by atoms with E-state index in [9.17, 15) is 4.79 Å². The van der Waals surface area contributed by atoms with E-state index in [1.165, 1.54) is 0 Å². The molecule has 1 unspecified atom stereocenters. The normalized spacial score (nSPS) is 14.6. The van der Waals surface area contributed by atoms with Crippen LogP contribution in [0.2, 0.25) is 0 Å². The van der Waals surface area contributed by atoms with Gasteiger partial charge in [0.25, 0.3) is 0 Å². The lowest BCUT2D eigenvalue weighted by Crippen LogP contribution is -2.39. The molecule has 0 rings (SSSR count). The summed E-state index contributed by atoms with van der Waals surface area (Å²) in [4.78, 5) is 12.7. The molecule has 3 nitrogen and oxygen atoms in total. The number of hydrogen-bond acceptors (Lipinski definition) is 2. The van der Waals surface area contributed by atoms with Gasteiger partial charge in [-0.25, -0.2) is 0 Å². The second-order valence-corrected chi connectivity index (χ2v) is 4.62. The van der Waals surface area contributed by atoms with Crippen LogP contribution >= 0.6 is 0 Å². The van der Waals surface area contributed by atoms with Gasteiger partial charge in [-0.3, -0.25) is 4.79 Å². The average molecular weight is 187 g/mol. The zero-order valence-corrected chi connectivity index (χ0v) is 9.29. The van der Waals surface area contributed by atoms with E-state index in [2.05, 4.69) is 25.7 Å². The summed E-state index contributed by atoms with van der Waals surface area (Å²) in [6.45, 7) is 8.95. The third-order valence-corrected chi connectivity index (χ3v) is 2.46. The van der Waals surface area contributed by atoms with Gasteiger partial charge >= 0.3 is 5.97 Å². The van der Waals surface area contributed by atoms with E-state index in [1.807, 2.05) is 7.05 Å². The van der Waals surface area contributed by atoms with Gasteiger partial charge in [0.1, 0.15) is 0 Å². The molecule has 1 N–H and O–H groups in total. The van der Waals surface area contributed by atoms with Gasteiger partial charge in [0.15, 0.2) is 0 Å². The molecule has 3 heteroatoms. The van der Waals surface area contributed by atoms with Gasteiger partial charge in [-0.1, -0.05) is 6.92 Å². The molecule has 0 bridgehead atoms. The molecule has 0 fully saturated rings. The number of rotatable bonds is 4. The van der Waals surface area contributed by atoms with Crippen molar-refractivity contribution in [3.63, 3.8) is 0 Å². The van der Waals surface area contributed by atoms with Crippen LogP contribution in [0.3, 0.4) is 0 Å². The Kier molecular flexibility index (Phi) is 4.40. The van der Waals surface area contributed by atoms with Crippen molar-refractivity contribution in [2.75, 3.05) is 13.6 Å². The highest BCUT2D eigenvalue weighted by Crippen LogP contribution is 2.12. The minimum Gasteiger partial charge on any atom is -0.481 e. The van der Waals surface area contributed by atoms with E-state index in [4.69, 9.17) is 5.11 Å². The van der Waals surface area contributed by atoms with Gasteiger partial charge in [0, 0.05) is 5.54 Å². The maximum absolute atomic E-state index is 10.5. The van der Waals surface area contributed by atoms with Crippen molar-refractivity contribution in [2.24, 2.45) is 5.92 Å². The van der Waals surface area contributed by atoms with Gasteiger partial charge in [0.2, 0.25) is 0 Å². The fourth-order valence-electron chi connectivity index (χ4n) is 0.846. The summed E-state index contributed by atoms with van der Waals surface area (Å²) >= 11 is 0. The Morgan fingerprint density at radius 2 is 1.92 bits per heavy atom. The first kappa shape index (κ1) is 12.4. The topological polar surface area (TPSA) is 40.5 Å². The number of carbonyl (C=O) groups is 1. The number of carboxylic acid groups (broad SMARTS) is 1. The van der Waals surface area contributed by atoms with Gasteiger partial charge in [-0.05, 0) is 40.8 Å². The van der Waals surface area contributed by atoms with Crippen LogP contribution in [-0.4, -0.2) is 35.1 Å². The van der Waals surface area contributed by atoms with E-state index in [0.29, 0.717) is 6.42 Å². The highest BCUT2D eigenvalue weighted by molar-refractivity contribution is 5.69. The van der Waals surface area contributed by atoms with E-state index in [-0.39, 0.29) is 11.5 Å². The average Bonchev–Trinajstić information content (AvgIpc) is 1.97. The first-order valence-electron chi connectivity index (χ1n) is 4.69. The molecule has 13 heavy (non-hydrogen) atoms. The first-order valence-corrected chi connectivity index (χ1v) is 4.69. The fourth-order valence-corrected chi connectivity index (χ4v) is 0.846. The Bertz CT molecular complexity index is 172. The Morgan fingerprint density at radius 3 is 2.23 bits per heavy atom. The highest BCUT2D eigenvalue weighted by atomic mass is 16.4. The van der Waals surface area contributed by atoms with E-state index < -0.39 is 5.97 Å². The predicted octanol–water partition coefficient (Wildman–Crippen LogP) is 1.83. The fraction of sp³-hybridized carbons (Fsp3) is 0.900. The van der Waals surface area contributed by atoms with Gasteiger partial charge in [-0.2, -0.15) is 0 Å². The number of aliphatic carboxylic acids is 1. The van der Waals surface area contributed by atoms with Crippen LogP contribution in [0.4, 0.5) is 0 Å². The summed E-state index contributed by atoms with van der Waals surface area (Å²) < 4.78 is 0. The molecule has 78 valence electrons. The Labute approximate surface area is 80.7 Å². The summed E-state index contributed by atoms with van der Waals surface area (Å²) in [5, 5.41) is 8.68. The van der Waals surface area contributed by atoms with Crippen molar-refractivity contribution in [1.29, 1.82) is 0 Å². The Balaban J connectivity index is 3.83. The van der Waals surface area contributed by atoms with E-state index >= 15 is 0 Å². The Hall–Kier alpha value is -0.570. The maximum atomic E-state index is 10.5. The lowest BCUT2D eigenvalue weighted by Gasteiger charge is -2.32. The number of carboxylic acids is 1. The molecular formula is C10H21NO2. The van der Waals surface area contributed by atoms with Crippen molar-refractivity contribution in [3.05, 3.63) is 0 Å². The lowest BCUT2D eigenvalue weighted by atomic mass is 10.0. The highest BCUT2D eigenvalue weighted by Gasteiger charge is 2.18. The zero-order valence-electron chi connectivity index (χ0n) is 9.29. The van der Waals surface area contributed by atoms with Crippen LogP contribution in [0, 0.1) is 5.92 Å². The van der Waals surface area contributed by atoms with Crippen molar-refractivity contribution in [3.8, 4) is 0 Å². The van der Waals surface area contributed by atoms with Crippen molar-refractivity contribution in [1.82, 2.24) is 4.90 Å². The quantitative estimate of drug-likeness (QED) is 0.730. The maximum Gasteiger partial charge on any atom is 0.306 e. The number of hydrogen-bond donors (Lipinski definition) is 1. The number of nitrogens with zero attached hydrogens (tertiary/aromatic N) is 1. The largest absolute Gasteiger partial charge is 0.481 e. The molecule has 0 amide bonds. The van der Waals surface area contributed by atoms with Crippen LogP contribution in [0.25, 0.3) is 0 Å². The van der Waals surface area contributed by atoms with E-state index in [0.717, 1.165) is 6.54 Å². The van der Waals surface area contributed by atoms with Crippen molar-refractivity contribution >= 4 is 5.97 Å². The summed E-state index contributed by atoms with van der Waals surface area (Å²) in [6.07, 6.45) is 0.711. The molecule has 0 aromatic rings. The predicted molar refractivity (Wildman–Crippen MR) is 53.8 cm³/mol. The van der Waals surface area contributed by atoms with Gasteiger partial charge < -0.3 is 10.0 Å². The monoisotopic (exact) mass is 187 g/mol. The second kappa shape index (κ2) is 4.61. The molecule has 0 aliphatic heterocycles. The summed E-state index contributed by atoms with van der Waals surface area (Å²) in [5.41, 5.74) is 0.123.